The van der Waals surface area contributed by atoms with Crippen LogP contribution in [-0.2, 0) is 28.6 Å². The first-order valence-corrected chi connectivity index (χ1v) is 28.6. The van der Waals surface area contributed by atoms with E-state index in [0.29, 0.717) is 19.3 Å². The Morgan fingerprint density at radius 2 is 0.574 bits per heavy atom. The first kappa shape index (κ1) is 64.6. The topological polar surface area (TPSA) is 78.9 Å². The highest BCUT2D eigenvalue weighted by Crippen LogP contribution is 2.15. The molecular weight excluding hydrogens is 841 g/mol. The Bertz CT molecular complexity index is 1320. The molecule has 0 bridgehead atoms. The summed E-state index contributed by atoms with van der Waals surface area (Å²) < 4.78 is 16.8. The van der Waals surface area contributed by atoms with Crippen molar-refractivity contribution in [2.24, 2.45) is 0 Å². The summed E-state index contributed by atoms with van der Waals surface area (Å²) in [6, 6.07) is 0. The van der Waals surface area contributed by atoms with E-state index in [4.69, 9.17) is 14.2 Å². The molecule has 0 rings (SSSR count). The highest BCUT2D eigenvalue weighted by molar-refractivity contribution is 5.71. The van der Waals surface area contributed by atoms with E-state index in [9.17, 15) is 14.4 Å². The molecule has 6 heteroatoms. The van der Waals surface area contributed by atoms with E-state index in [1.807, 2.05) is 0 Å². The lowest BCUT2D eigenvalue weighted by Crippen LogP contribution is -2.30. The highest BCUT2D eigenvalue weighted by Gasteiger charge is 2.19. The normalized spacial score (nSPS) is 12.7. The van der Waals surface area contributed by atoms with Crippen LogP contribution >= 0.6 is 0 Å². The molecule has 0 aromatic rings. The Morgan fingerprint density at radius 1 is 0.309 bits per heavy atom. The molecule has 390 valence electrons. The molecular formula is C62H106O6. The Hall–Kier alpha value is -3.41. The number of rotatable bonds is 51. The van der Waals surface area contributed by atoms with Gasteiger partial charge in [-0.05, 0) is 96.3 Å². The van der Waals surface area contributed by atoms with Crippen LogP contribution < -0.4 is 0 Å². The fourth-order valence-electron chi connectivity index (χ4n) is 7.85. The second kappa shape index (κ2) is 56.2. The van der Waals surface area contributed by atoms with Crippen molar-refractivity contribution in [2.75, 3.05) is 13.2 Å². The average Bonchev–Trinajstić information content (AvgIpc) is 3.34. The third-order valence-corrected chi connectivity index (χ3v) is 12.1. The summed E-state index contributed by atoms with van der Waals surface area (Å²) in [5.41, 5.74) is 0. The van der Waals surface area contributed by atoms with Crippen molar-refractivity contribution < 1.29 is 28.6 Å². The van der Waals surface area contributed by atoms with E-state index in [-0.39, 0.29) is 31.1 Å². The van der Waals surface area contributed by atoms with Gasteiger partial charge in [0.1, 0.15) is 13.2 Å². The van der Waals surface area contributed by atoms with Gasteiger partial charge < -0.3 is 14.2 Å². The number of hydrogen-bond donors (Lipinski definition) is 0. The van der Waals surface area contributed by atoms with Gasteiger partial charge in [0, 0.05) is 19.3 Å². The van der Waals surface area contributed by atoms with E-state index >= 15 is 0 Å². The summed E-state index contributed by atoms with van der Waals surface area (Å²) in [7, 11) is 0. The Balaban J connectivity index is 4.34. The summed E-state index contributed by atoms with van der Waals surface area (Å²) in [5, 5.41) is 0. The molecule has 0 heterocycles. The zero-order valence-electron chi connectivity index (χ0n) is 44.6. The zero-order chi connectivity index (χ0) is 49.3. The van der Waals surface area contributed by atoms with Crippen LogP contribution in [0.4, 0.5) is 0 Å². The molecule has 0 aromatic heterocycles. The molecule has 1 unspecified atom stereocenters. The third kappa shape index (κ3) is 53.5. The zero-order valence-corrected chi connectivity index (χ0v) is 44.6. The van der Waals surface area contributed by atoms with Crippen LogP contribution in [0.3, 0.4) is 0 Å². The van der Waals surface area contributed by atoms with E-state index in [0.717, 1.165) is 116 Å². The molecule has 0 aliphatic heterocycles. The number of hydrogen-bond acceptors (Lipinski definition) is 6. The Kier molecular flexibility index (Phi) is 53.4. The van der Waals surface area contributed by atoms with Gasteiger partial charge in [0.05, 0.1) is 0 Å². The van der Waals surface area contributed by atoms with Gasteiger partial charge in [-0.1, -0.05) is 241 Å². The molecule has 0 fully saturated rings. The van der Waals surface area contributed by atoms with Gasteiger partial charge in [0.25, 0.3) is 0 Å². The van der Waals surface area contributed by atoms with Gasteiger partial charge >= 0.3 is 17.9 Å². The second-order valence-electron chi connectivity index (χ2n) is 18.8. The molecule has 1 atom stereocenters. The smallest absolute Gasteiger partial charge is 0.306 e. The second-order valence-corrected chi connectivity index (χ2v) is 18.8. The summed E-state index contributed by atoms with van der Waals surface area (Å²) >= 11 is 0. The van der Waals surface area contributed by atoms with Crippen LogP contribution in [0, 0.1) is 0 Å². The summed E-state index contributed by atoms with van der Waals surface area (Å²) in [6.07, 6.45) is 72.9. The van der Waals surface area contributed by atoms with Gasteiger partial charge in [-0.15, -0.1) is 0 Å². The molecule has 0 saturated heterocycles. The molecule has 0 aliphatic carbocycles. The maximum absolute atomic E-state index is 12.8. The lowest BCUT2D eigenvalue weighted by Gasteiger charge is -2.18. The maximum atomic E-state index is 12.8. The number of allylic oxidation sites excluding steroid dienone is 14. The quantitative estimate of drug-likeness (QED) is 0.0262. The van der Waals surface area contributed by atoms with Crippen molar-refractivity contribution in [2.45, 2.75) is 277 Å². The monoisotopic (exact) mass is 947 g/mol. The molecule has 0 spiro atoms. The molecule has 0 aliphatic rings. The summed E-state index contributed by atoms with van der Waals surface area (Å²) in [5.74, 6) is -0.916. The average molecular weight is 948 g/mol. The van der Waals surface area contributed by atoms with Crippen molar-refractivity contribution in [1.82, 2.24) is 0 Å². The first-order valence-electron chi connectivity index (χ1n) is 28.6. The fraction of sp³-hybridized carbons (Fsp3) is 0.726. The third-order valence-electron chi connectivity index (χ3n) is 12.1. The van der Waals surface area contributed by atoms with Gasteiger partial charge in [0.15, 0.2) is 6.10 Å². The molecule has 6 nitrogen and oxygen atoms in total. The van der Waals surface area contributed by atoms with Crippen molar-refractivity contribution in [1.29, 1.82) is 0 Å². The number of ether oxygens (including phenoxy) is 3. The largest absolute Gasteiger partial charge is 0.462 e. The van der Waals surface area contributed by atoms with E-state index in [1.165, 1.54) is 116 Å². The lowest BCUT2D eigenvalue weighted by molar-refractivity contribution is -0.167. The number of carbonyl (C=O) groups excluding carboxylic acids is 3. The van der Waals surface area contributed by atoms with E-state index in [1.54, 1.807) is 0 Å². The minimum Gasteiger partial charge on any atom is -0.462 e. The molecule has 0 amide bonds. The molecule has 68 heavy (non-hydrogen) atoms. The van der Waals surface area contributed by atoms with Crippen molar-refractivity contribution in [3.63, 3.8) is 0 Å². The van der Waals surface area contributed by atoms with Crippen molar-refractivity contribution in [3.05, 3.63) is 85.1 Å². The summed E-state index contributed by atoms with van der Waals surface area (Å²) in [6.45, 7) is 6.48. The molecule has 0 aromatic carbocycles. The molecule has 0 radical (unpaired) electrons. The Morgan fingerprint density at radius 3 is 0.897 bits per heavy atom. The van der Waals surface area contributed by atoms with Crippen molar-refractivity contribution >= 4 is 17.9 Å². The van der Waals surface area contributed by atoms with Crippen LogP contribution in [0.2, 0.25) is 0 Å². The number of carbonyl (C=O) groups is 3. The molecule has 0 saturated carbocycles. The standard InChI is InChI=1S/C62H106O6/c1-4-7-10-13-16-19-22-24-26-28-29-30-31-32-33-35-36-38-40-43-46-49-52-55-61(64)67-58-59(57-66-60(63)54-51-48-45-42-21-18-15-12-9-6-3)68-62(65)56-53-50-47-44-41-39-37-34-27-25-23-20-17-14-11-8-5-2/h8,11,17,20,22,24-25,27-29,31-32,37,39,59H,4-7,9-10,12-16,18-19,21,23,26,30,33-36,38,40-58H2,1-3H3/b11-8-,20-17-,24-22-,27-25-,29-28-,32-31-,39-37-. The predicted octanol–water partition coefficient (Wildman–Crippen LogP) is 19.2. The van der Waals surface area contributed by atoms with Gasteiger partial charge in [0.2, 0.25) is 0 Å². The van der Waals surface area contributed by atoms with Crippen molar-refractivity contribution in [3.8, 4) is 0 Å². The fourth-order valence-corrected chi connectivity index (χ4v) is 7.85. The molecule has 0 N–H and O–H groups in total. The lowest BCUT2D eigenvalue weighted by atomic mass is 10.1. The minimum absolute atomic E-state index is 0.0877. The summed E-state index contributed by atoms with van der Waals surface area (Å²) in [4.78, 5) is 38.1. The van der Waals surface area contributed by atoms with Gasteiger partial charge in [-0.25, -0.2) is 0 Å². The predicted molar refractivity (Wildman–Crippen MR) is 293 cm³/mol. The highest BCUT2D eigenvalue weighted by atomic mass is 16.6. The van der Waals surface area contributed by atoms with Crippen LogP contribution in [0.5, 0.6) is 0 Å². The van der Waals surface area contributed by atoms with Crippen LogP contribution in [0.1, 0.15) is 271 Å². The number of unbranched alkanes of at least 4 members (excludes halogenated alkanes) is 26. The first-order chi connectivity index (χ1) is 33.5. The number of esters is 3. The maximum Gasteiger partial charge on any atom is 0.306 e. The Labute approximate surface area is 420 Å². The van der Waals surface area contributed by atoms with Crippen LogP contribution in [-0.4, -0.2) is 37.2 Å². The van der Waals surface area contributed by atoms with Crippen LogP contribution in [0.25, 0.3) is 0 Å². The van der Waals surface area contributed by atoms with Gasteiger partial charge in [-0.2, -0.15) is 0 Å². The van der Waals surface area contributed by atoms with Crippen LogP contribution in [0.15, 0.2) is 85.1 Å². The van der Waals surface area contributed by atoms with E-state index < -0.39 is 6.10 Å². The van der Waals surface area contributed by atoms with Gasteiger partial charge in [-0.3, -0.25) is 14.4 Å². The minimum atomic E-state index is -0.791. The SMILES string of the molecule is CC/C=C\C/C=C\C/C=C\C/C=C\CCCCCCC(=O)OC(COC(=O)CCCCCCCCCC/C=C\C/C=C\C/C=C\CCCCCCC)COC(=O)CCCCCCCCCCCC. The van der Waals surface area contributed by atoms with E-state index in [2.05, 4.69) is 106 Å².